The van der Waals surface area contributed by atoms with Gasteiger partial charge in [-0.3, -0.25) is 9.69 Å². The van der Waals surface area contributed by atoms with Crippen LogP contribution in [0.2, 0.25) is 0 Å². The van der Waals surface area contributed by atoms with Crippen LogP contribution in [-0.2, 0) is 14.9 Å². The van der Waals surface area contributed by atoms with Gasteiger partial charge in [0.05, 0.1) is 6.61 Å². The van der Waals surface area contributed by atoms with Crippen LogP contribution in [0.5, 0.6) is 5.75 Å². The molecule has 2 aromatic rings. The van der Waals surface area contributed by atoms with E-state index in [4.69, 9.17) is 9.47 Å². The summed E-state index contributed by atoms with van der Waals surface area (Å²) in [7, 11) is 1.99. The van der Waals surface area contributed by atoms with Crippen LogP contribution in [0.3, 0.4) is 0 Å². The molecule has 3 rings (SSSR count). The molecule has 1 amide bonds. The highest BCUT2D eigenvalue weighted by atomic mass is 16.5. The zero-order valence-electron chi connectivity index (χ0n) is 18.4. The molecule has 162 valence electrons. The fourth-order valence-corrected chi connectivity index (χ4v) is 4.18. The largest absolute Gasteiger partial charge is 0.494 e. The van der Waals surface area contributed by atoms with E-state index in [1.165, 1.54) is 5.56 Å². The average Bonchev–Trinajstić information content (AvgIpc) is 2.80. The second kappa shape index (κ2) is 10.6. The van der Waals surface area contributed by atoms with E-state index in [1.807, 2.05) is 56.4 Å². The van der Waals surface area contributed by atoms with E-state index in [1.54, 1.807) is 0 Å². The Bertz CT molecular complexity index is 786. The molecule has 1 aliphatic rings. The Morgan fingerprint density at radius 3 is 2.37 bits per heavy atom. The first-order valence-electron chi connectivity index (χ1n) is 10.9. The van der Waals surface area contributed by atoms with Gasteiger partial charge in [0.15, 0.2) is 0 Å². The first kappa shape index (κ1) is 22.3. The zero-order chi connectivity index (χ0) is 21.4. The van der Waals surface area contributed by atoms with Gasteiger partial charge < -0.3 is 14.8 Å². The molecule has 1 fully saturated rings. The van der Waals surface area contributed by atoms with E-state index < -0.39 is 0 Å². The summed E-state index contributed by atoms with van der Waals surface area (Å²) in [5.41, 5.74) is 2.13. The molecule has 1 heterocycles. The van der Waals surface area contributed by atoms with Crippen LogP contribution in [-0.4, -0.2) is 50.8 Å². The zero-order valence-corrected chi connectivity index (χ0v) is 18.4. The number of carbonyl (C=O) groups is 1. The minimum atomic E-state index is -0.298. The number of hydrogen-bond donors (Lipinski definition) is 1. The van der Waals surface area contributed by atoms with Crippen LogP contribution in [0.1, 0.15) is 43.9 Å². The monoisotopic (exact) mass is 410 g/mol. The van der Waals surface area contributed by atoms with Gasteiger partial charge in [0.2, 0.25) is 5.91 Å². The maximum Gasteiger partial charge on any atom is 0.241 e. The quantitative estimate of drug-likeness (QED) is 0.680. The lowest BCUT2D eigenvalue weighted by atomic mass is 9.74. The van der Waals surface area contributed by atoms with Crippen molar-refractivity contribution in [1.82, 2.24) is 10.2 Å². The van der Waals surface area contributed by atoms with Crippen LogP contribution in [0, 0.1) is 0 Å². The second-order valence-corrected chi connectivity index (χ2v) is 7.95. The third-order valence-electron chi connectivity index (χ3n) is 6.13. The van der Waals surface area contributed by atoms with Crippen LogP contribution >= 0.6 is 0 Å². The summed E-state index contributed by atoms with van der Waals surface area (Å²) in [6.07, 6.45) is 1.78. The van der Waals surface area contributed by atoms with Crippen molar-refractivity contribution in [3.05, 3.63) is 65.7 Å². The van der Waals surface area contributed by atoms with Gasteiger partial charge in [0, 0.05) is 25.2 Å². The summed E-state index contributed by atoms with van der Waals surface area (Å²) < 4.78 is 11.2. The fraction of sp³-hybridized carbons (Fsp3) is 0.480. The molecule has 0 bridgehead atoms. The Labute approximate surface area is 180 Å². The molecule has 1 N–H and O–H groups in total. The van der Waals surface area contributed by atoms with Gasteiger partial charge >= 0.3 is 0 Å². The third-order valence-corrected chi connectivity index (χ3v) is 6.13. The first-order valence-corrected chi connectivity index (χ1v) is 10.9. The minimum Gasteiger partial charge on any atom is -0.494 e. The van der Waals surface area contributed by atoms with Gasteiger partial charge in [0.25, 0.3) is 0 Å². The van der Waals surface area contributed by atoms with Crippen molar-refractivity contribution in [2.45, 2.75) is 38.1 Å². The Kier molecular flexibility index (Phi) is 7.88. The van der Waals surface area contributed by atoms with E-state index in [0.717, 1.165) is 30.7 Å². The highest BCUT2D eigenvalue weighted by molar-refractivity contribution is 5.83. The van der Waals surface area contributed by atoms with E-state index in [9.17, 15) is 4.79 Å². The lowest BCUT2D eigenvalue weighted by Gasteiger charge is -2.38. The van der Waals surface area contributed by atoms with Crippen LogP contribution in [0.15, 0.2) is 54.6 Å². The number of amides is 1. The Morgan fingerprint density at radius 2 is 1.77 bits per heavy atom. The predicted octanol–water partition coefficient (Wildman–Crippen LogP) is 3.94. The van der Waals surface area contributed by atoms with Crippen LogP contribution in [0.25, 0.3) is 0 Å². The molecule has 0 radical (unpaired) electrons. The van der Waals surface area contributed by atoms with Gasteiger partial charge in [-0.15, -0.1) is 0 Å². The molecule has 2 aromatic carbocycles. The van der Waals surface area contributed by atoms with Crippen molar-refractivity contribution < 1.29 is 14.3 Å². The van der Waals surface area contributed by atoms with Crippen molar-refractivity contribution in [2.24, 2.45) is 0 Å². The summed E-state index contributed by atoms with van der Waals surface area (Å²) in [5, 5.41) is 3.28. The smallest absolute Gasteiger partial charge is 0.241 e. The number of ether oxygens (including phenoxy) is 2. The number of hydrogen-bond acceptors (Lipinski definition) is 4. The molecular weight excluding hydrogens is 376 g/mol. The second-order valence-electron chi connectivity index (χ2n) is 7.95. The normalized spacial score (nSPS) is 16.8. The van der Waals surface area contributed by atoms with E-state index in [2.05, 4.69) is 29.3 Å². The highest BCUT2D eigenvalue weighted by Crippen LogP contribution is 2.35. The van der Waals surface area contributed by atoms with Crippen LogP contribution < -0.4 is 10.1 Å². The van der Waals surface area contributed by atoms with E-state index in [-0.39, 0.29) is 17.4 Å². The van der Waals surface area contributed by atoms with Gasteiger partial charge in [0.1, 0.15) is 11.8 Å². The molecule has 0 saturated carbocycles. The minimum absolute atomic E-state index is 0.0438. The number of rotatable bonds is 9. The molecule has 0 spiro atoms. The lowest BCUT2D eigenvalue weighted by Crippen LogP contribution is -2.47. The SMILES string of the molecule is CCOc1ccc(C2(CNC(=O)C(c3ccccc3)N(C)CC)CCOCC2)cc1. The Balaban J connectivity index is 1.78. The molecule has 30 heavy (non-hydrogen) atoms. The number of nitrogens with one attached hydrogen (secondary N) is 1. The average molecular weight is 411 g/mol. The molecule has 0 aliphatic carbocycles. The van der Waals surface area contributed by atoms with Crippen molar-refractivity contribution in [3.63, 3.8) is 0 Å². The Morgan fingerprint density at radius 1 is 1.10 bits per heavy atom. The van der Waals surface area contributed by atoms with Crippen molar-refractivity contribution in [3.8, 4) is 5.75 Å². The molecule has 0 aromatic heterocycles. The number of benzene rings is 2. The fourth-order valence-electron chi connectivity index (χ4n) is 4.18. The molecule has 1 aliphatic heterocycles. The number of likely N-dealkylation sites (N-methyl/N-ethyl adjacent to an activating group) is 1. The number of nitrogens with zero attached hydrogens (tertiary/aromatic N) is 1. The maximum atomic E-state index is 13.3. The van der Waals surface area contributed by atoms with Crippen molar-refractivity contribution >= 4 is 5.91 Å². The molecular formula is C25H34N2O3. The summed E-state index contributed by atoms with van der Waals surface area (Å²) in [5.74, 6) is 0.920. The number of carbonyl (C=O) groups excluding carboxylic acids is 1. The summed E-state index contributed by atoms with van der Waals surface area (Å²) in [6, 6.07) is 18.0. The van der Waals surface area contributed by atoms with Gasteiger partial charge in [-0.2, -0.15) is 0 Å². The first-order chi connectivity index (χ1) is 14.6. The highest BCUT2D eigenvalue weighted by Gasteiger charge is 2.36. The third kappa shape index (κ3) is 5.21. The van der Waals surface area contributed by atoms with Crippen molar-refractivity contribution in [1.29, 1.82) is 0 Å². The van der Waals surface area contributed by atoms with Crippen molar-refractivity contribution in [2.75, 3.05) is 40.0 Å². The summed E-state index contributed by atoms with van der Waals surface area (Å²) in [6.45, 7) is 7.53. The predicted molar refractivity (Wildman–Crippen MR) is 120 cm³/mol. The molecule has 1 unspecified atom stereocenters. The molecule has 1 atom stereocenters. The van der Waals surface area contributed by atoms with Gasteiger partial charge in [-0.05, 0) is 56.6 Å². The van der Waals surface area contributed by atoms with E-state index in [0.29, 0.717) is 26.4 Å². The summed E-state index contributed by atoms with van der Waals surface area (Å²) in [4.78, 5) is 15.4. The van der Waals surface area contributed by atoms with Crippen LogP contribution in [0.4, 0.5) is 0 Å². The lowest BCUT2D eigenvalue weighted by molar-refractivity contribution is -0.126. The van der Waals surface area contributed by atoms with Gasteiger partial charge in [-0.25, -0.2) is 0 Å². The molecule has 5 nitrogen and oxygen atoms in total. The topological polar surface area (TPSA) is 50.8 Å². The summed E-state index contributed by atoms with van der Waals surface area (Å²) >= 11 is 0. The molecule has 1 saturated heterocycles. The maximum absolute atomic E-state index is 13.3. The molecule has 5 heteroatoms. The van der Waals surface area contributed by atoms with Gasteiger partial charge in [-0.1, -0.05) is 49.4 Å². The van der Waals surface area contributed by atoms with E-state index >= 15 is 0 Å². The Hall–Kier alpha value is -2.37. The standard InChI is InChI=1S/C25H34N2O3/c1-4-27(3)23(20-9-7-6-8-10-20)24(28)26-19-25(15-17-29-18-16-25)21-11-13-22(14-12-21)30-5-2/h6-14,23H,4-5,15-19H2,1-3H3,(H,26,28).